The highest BCUT2D eigenvalue weighted by atomic mass is 15.1. The third-order valence-electron chi connectivity index (χ3n) is 3.40. The molecule has 5 heteroatoms. The molecule has 3 heterocycles. The van der Waals surface area contributed by atoms with E-state index in [1.807, 2.05) is 42.1 Å². The predicted molar refractivity (Wildman–Crippen MR) is 84.9 cm³/mol. The van der Waals surface area contributed by atoms with Crippen LogP contribution in [-0.4, -0.2) is 19.5 Å². The Labute approximate surface area is 123 Å². The lowest BCUT2D eigenvalue weighted by Gasteiger charge is -2.15. The summed E-state index contributed by atoms with van der Waals surface area (Å²) in [5, 5.41) is 3.42. The second-order valence-corrected chi connectivity index (χ2v) is 4.92. The molecule has 106 valence electrons. The molecule has 0 spiro atoms. The zero-order valence-corrected chi connectivity index (χ0v) is 12.1. The van der Waals surface area contributed by atoms with Crippen LogP contribution in [0.25, 0.3) is 17.1 Å². The number of nitrogens with one attached hydrogen (secondary N) is 1. The largest absolute Gasteiger partial charge is 0.360 e. The fourth-order valence-corrected chi connectivity index (χ4v) is 2.31. The third-order valence-corrected chi connectivity index (χ3v) is 3.40. The number of nitrogens with zero attached hydrogens (tertiary/aromatic N) is 4. The first-order chi connectivity index (χ1) is 10.2. The highest BCUT2D eigenvalue weighted by Crippen LogP contribution is 2.24. The van der Waals surface area contributed by atoms with Crippen molar-refractivity contribution in [2.45, 2.75) is 13.0 Å². The Balaban J connectivity index is 2.03. The summed E-state index contributed by atoms with van der Waals surface area (Å²) in [6.45, 7) is 5.81. The number of hydrogen-bond acceptors (Lipinski definition) is 4. The van der Waals surface area contributed by atoms with Crippen molar-refractivity contribution in [2.75, 3.05) is 5.32 Å². The minimum atomic E-state index is 0.0527. The molecule has 3 rings (SSSR count). The summed E-state index contributed by atoms with van der Waals surface area (Å²) in [7, 11) is 1.98. The second kappa shape index (κ2) is 5.36. The van der Waals surface area contributed by atoms with E-state index in [-0.39, 0.29) is 6.04 Å². The first kappa shape index (κ1) is 13.3. The van der Waals surface area contributed by atoms with Crippen molar-refractivity contribution in [1.29, 1.82) is 0 Å². The molecule has 1 atom stereocenters. The number of rotatable bonds is 4. The van der Waals surface area contributed by atoms with Gasteiger partial charge in [-0.25, -0.2) is 9.97 Å². The minimum absolute atomic E-state index is 0.0527. The number of aromatic nitrogens is 4. The normalized spacial score (nSPS) is 12.3. The van der Waals surface area contributed by atoms with Crippen LogP contribution in [0.5, 0.6) is 0 Å². The Morgan fingerprint density at radius 3 is 2.86 bits per heavy atom. The lowest BCUT2D eigenvalue weighted by atomic mass is 10.2. The van der Waals surface area contributed by atoms with Crippen molar-refractivity contribution in [3.05, 3.63) is 54.8 Å². The summed E-state index contributed by atoms with van der Waals surface area (Å²) < 4.78 is 2.01. The van der Waals surface area contributed by atoms with Crippen molar-refractivity contribution < 1.29 is 0 Å². The second-order valence-electron chi connectivity index (χ2n) is 4.92. The number of aryl methyl sites for hydroxylation is 1. The Bertz CT molecular complexity index is 776. The van der Waals surface area contributed by atoms with Gasteiger partial charge in [-0.05, 0) is 31.2 Å². The highest BCUT2D eigenvalue weighted by Gasteiger charge is 2.13. The van der Waals surface area contributed by atoms with Crippen molar-refractivity contribution in [2.24, 2.45) is 7.05 Å². The molecule has 0 bridgehead atoms. The summed E-state index contributed by atoms with van der Waals surface area (Å²) in [6, 6.07) is 7.91. The van der Waals surface area contributed by atoms with Gasteiger partial charge in [0.1, 0.15) is 5.52 Å². The summed E-state index contributed by atoms with van der Waals surface area (Å²) in [5.74, 6) is 1.41. The molecule has 0 aliphatic carbocycles. The molecule has 1 unspecified atom stereocenters. The maximum absolute atomic E-state index is 4.53. The molecule has 21 heavy (non-hydrogen) atoms. The first-order valence-electron chi connectivity index (χ1n) is 6.82. The molecule has 0 saturated heterocycles. The van der Waals surface area contributed by atoms with Gasteiger partial charge in [0.15, 0.2) is 11.6 Å². The van der Waals surface area contributed by atoms with Gasteiger partial charge in [0.2, 0.25) is 0 Å². The van der Waals surface area contributed by atoms with E-state index in [9.17, 15) is 0 Å². The summed E-state index contributed by atoms with van der Waals surface area (Å²) in [6.07, 6.45) is 5.42. The van der Waals surface area contributed by atoms with Crippen molar-refractivity contribution in [3.8, 4) is 0 Å². The van der Waals surface area contributed by atoms with E-state index in [2.05, 4.69) is 33.8 Å². The van der Waals surface area contributed by atoms with E-state index in [1.165, 1.54) is 0 Å². The van der Waals surface area contributed by atoms with E-state index in [0.717, 1.165) is 22.5 Å². The SMILES string of the molecule is C=Cc1nc(NC(C)c2ccccn2)c2c(ccn2C)n1. The average Bonchev–Trinajstić information content (AvgIpc) is 2.89. The Hall–Kier alpha value is -2.69. The van der Waals surface area contributed by atoms with Crippen LogP contribution in [0.4, 0.5) is 5.82 Å². The van der Waals surface area contributed by atoms with Crippen molar-refractivity contribution >= 4 is 22.9 Å². The van der Waals surface area contributed by atoms with Crippen LogP contribution in [0.3, 0.4) is 0 Å². The van der Waals surface area contributed by atoms with Crippen LogP contribution < -0.4 is 5.32 Å². The zero-order chi connectivity index (χ0) is 14.8. The number of anilines is 1. The number of hydrogen-bond donors (Lipinski definition) is 1. The molecule has 1 N–H and O–H groups in total. The van der Waals surface area contributed by atoms with Crippen LogP contribution >= 0.6 is 0 Å². The monoisotopic (exact) mass is 279 g/mol. The lowest BCUT2D eigenvalue weighted by Crippen LogP contribution is -2.11. The molecule has 0 saturated carbocycles. The maximum atomic E-state index is 4.53. The zero-order valence-electron chi connectivity index (χ0n) is 12.1. The molecule has 0 radical (unpaired) electrons. The Kier molecular flexibility index (Phi) is 3.39. The summed E-state index contributed by atoms with van der Waals surface area (Å²) in [5.41, 5.74) is 2.85. The lowest BCUT2D eigenvalue weighted by molar-refractivity contribution is 0.829. The van der Waals surface area contributed by atoms with Crippen LogP contribution in [0.15, 0.2) is 43.2 Å². The average molecular weight is 279 g/mol. The van der Waals surface area contributed by atoms with E-state index >= 15 is 0 Å². The molecular formula is C16H17N5. The van der Waals surface area contributed by atoms with Gasteiger partial charge >= 0.3 is 0 Å². The van der Waals surface area contributed by atoms with Crippen LogP contribution in [0.1, 0.15) is 24.5 Å². The first-order valence-corrected chi connectivity index (χ1v) is 6.82. The van der Waals surface area contributed by atoms with Gasteiger partial charge in [0.25, 0.3) is 0 Å². The fraction of sp³-hybridized carbons (Fsp3) is 0.188. The molecule has 5 nitrogen and oxygen atoms in total. The van der Waals surface area contributed by atoms with Crippen molar-refractivity contribution in [1.82, 2.24) is 19.5 Å². The third kappa shape index (κ3) is 2.50. The van der Waals surface area contributed by atoms with Gasteiger partial charge in [-0.1, -0.05) is 12.6 Å². The summed E-state index contributed by atoms with van der Waals surface area (Å²) >= 11 is 0. The smallest absolute Gasteiger partial charge is 0.155 e. The predicted octanol–water partition coefficient (Wildman–Crippen LogP) is 3.18. The molecule has 3 aromatic heterocycles. The maximum Gasteiger partial charge on any atom is 0.155 e. The van der Waals surface area contributed by atoms with Crippen LogP contribution in [0.2, 0.25) is 0 Å². The van der Waals surface area contributed by atoms with E-state index in [0.29, 0.717) is 5.82 Å². The van der Waals surface area contributed by atoms with E-state index < -0.39 is 0 Å². The van der Waals surface area contributed by atoms with Gasteiger partial charge in [-0.15, -0.1) is 0 Å². The van der Waals surface area contributed by atoms with Crippen LogP contribution in [-0.2, 0) is 7.05 Å². The van der Waals surface area contributed by atoms with E-state index in [1.54, 1.807) is 12.3 Å². The fourth-order valence-electron chi connectivity index (χ4n) is 2.31. The Morgan fingerprint density at radius 1 is 1.29 bits per heavy atom. The van der Waals surface area contributed by atoms with Gasteiger partial charge < -0.3 is 9.88 Å². The molecule has 0 fully saturated rings. The van der Waals surface area contributed by atoms with Gasteiger partial charge in [0, 0.05) is 19.4 Å². The van der Waals surface area contributed by atoms with Crippen LogP contribution in [0, 0.1) is 0 Å². The minimum Gasteiger partial charge on any atom is -0.360 e. The number of fused-ring (bicyclic) bond motifs is 1. The molecule has 0 aliphatic rings. The molecule has 0 aliphatic heterocycles. The van der Waals surface area contributed by atoms with Gasteiger partial charge in [0.05, 0.1) is 17.3 Å². The highest BCUT2D eigenvalue weighted by molar-refractivity contribution is 5.87. The molecule has 0 aromatic carbocycles. The topological polar surface area (TPSA) is 55.6 Å². The van der Waals surface area contributed by atoms with E-state index in [4.69, 9.17) is 0 Å². The molecule has 3 aromatic rings. The van der Waals surface area contributed by atoms with Gasteiger partial charge in [-0.2, -0.15) is 0 Å². The summed E-state index contributed by atoms with van der Waals surface area (Å²) in [4.78, 5) is 13.4. The number of pyridine rings is 1. The standard InChI is InChI=1S/C16H17N5/c1-4-14-19-13-8-10-21(3)15(13)16(20-14)18-11(2)12-7-5-6-9-17-12/h4-11H,1H2,2-3H3,(H,18,19,20). The Morgan fingerprint density at radius 2 is 2.14 bits per heavy atom. The molecular weight excluding hydrogens is 262 g/mol. The molecule has 0 amide bonds. The van der Waals surface area contributed by atoms with Gasteiger partial charge in [-0.3, -0.25) is 4.98 Å². The quantitative estimate of drug-likeness (QED) is 0.797. The van der Waals surface area contributed by atoms with Crippen molar-refractivity contribution in [3.63, 3.8) is 0 Å².